The van der Waals surface area contributed by atoms with Gasteiger partial charge in [-0.05, 0) is 43.7 Å². The van der Waals surface area contributed by atoms with Crippen LogP contribution in [0, 0.1) is 5.41 Å². The van der Waals surface area contributed by atoms with Crippen molar-refractivity contribution in [3.63, 3.8) is 0 Å². The molecular formula is C19H29N5S. The highest BCUT2D eigenvalue weighted by molar-refractivity contribution is 7.11. The molecule has 0 unspecified atom stereocenters. The average Bonchev–Trinajstić information content (AvgIpc) is 2.95. The number of hydrogen-bond donors (Lipinski definition) is 1. The summed E-state index contributed by atoms with van der Waals surface area (Å²) in [6.07, 6.45) is 9.97. The number of piperidine rings is 1. The van der Waals surface area contributed by atoms with Crippen molar-refractivity contribution in [3.8, 4) is 0 Å². The van der Waals surface area contributed by atoms with Gasteiger partial charge in [0.1, 0.15) is 10.8 Å². The van der Waals surface area contributed by atoms with E-state index >= 15 is 0 Å². The lowest BCUT2D eigenvalue weighted by atomic mass is 9.93. The molecule has 5 nitrogen and oxygen atoms in total. The Hall–Kier alpha value is -1.24. The summed E-state index contributed by atoms with van der Waals surface area (Å²) in [5.74, 6) is 1.71. The molecule has 1 saturated carbocycles. The molecular weight excluding hydrogens is 330 g/mol. The smallest absolute Gasteiger partial charge is 0.122 e. The zero-order chi connectivity index (χ0) is 17.4. The Balaban J connectivity index is 1.52. The van der Waals surface area contributed by atoms with Crippen molar-refractivity contribution in [2.75, 3.05) is 13.1 Å². The van der Waals surface area contributed by atoms with Crippen LogP contribution in [0.5, 0.6) is 0 Å². The lowest BCUT2D eigenvalue weighted by Crippen LogP contribution is -2.36. The second kappa shape index (κ2) is 6.82. The second-order valence-electron chi connectivity index (χ2n) is 8.00. The highest BCUT2D eigenvalue weighted by Gasteiger charge is 2.56. The summed E-state index contributed by atoms with van der Waals surface area (Å²) in [4.78, 5) is 13.3. The van der Waals surface area contributed by atoms with Crippen LogP contribution < -0.4 is 5.32 Å². The van der Waals surface area contributed by atoms with E-state index in [0.717, 1.165) is 18.9 Å². The van der Waals surface area contributed by atoms with Gasteiger partial charge in [-0.1, -0.05) is 13.8 Å². The maximum Gasteiger partial charge on any atom is 0.122 e. The van der Waals surface area contributed by atoms with Gasteiger partial charge in [-0.2, -0.15) is 0 Å². The van der Waals surface area contributed by atoms with Gasteiger partial charge in [0, 0.05) is 36.6 Å². The number of aromatic nitrogens is 3. The first-order chi connectivity index (χ1) is 12.1. The Morgan fingerprint density at radius 2 is 2.12 bits per heavy atom. The van der Waals surface area contributed by atoms with Gasteiger partial charge in [-0.3, -0.25) is 4.90 Å². The van der Waals surface area contributed by atoms with E-state index in [2.05, 4.69) is 46.9 Å². The molecule has 2 fully saturated rings. The van der Waals surface area contributed by atoms with Gasteiger partial charge >= 0.3 is 0 Å². The molecule has 2 aliphatic rings. The number of hydrogen-bond acceptors (Lipinski definition) is 5. The summed E-state index contributed by atoms with van der Waals surface area (Å²) in [6, 6.07) is 0.678. The summed E-state index contributed by atoms with van der Waals surface area (Å²) in [6.45, 7) is 8.69. The van der Waals surface area contributed by atoms with Crippen LogP contribution in [-0.2, 0) is 20.1 Å². The van der Waals surface area contributed by atoms with E-state index in [-0.39, 0.29) is 0 Å². The van der Waals surface area contributed by atoms with Gasteiger partial charge in [0.2, 0.25) is 0 Å². The van der Waals surface area contributed by atoms with Gasteiger partial charge in [0.15, 0.2) is 0 Å². The number of imidazole rings is 1. The van der Waals surface area contributed by atoms with E-state index in [1.807, 2.05) is 23.7 Å². The normalized spacial score (nSPS) is 22.2. The molecule has 3 heterocycles. The summed E-state index contributed by atoms with van der Waals surface area (Å²) < 4.78 is 2.14. The third kappa shape index (κ3) is 3.52. The van der Waals surface area contributed by atoms with Crippen molar-refractivity contribution in [2.45, 2.75) is 58.2 Å². The van der Waals surface area contributed by atoms with Crippen molar-refractivity contribution < 1.29 is 0 Å². The van der Waals surface area contributed by atoms with E-state index in [0.29, 0.717) is 17.4 Å². The third-order valence-electron chi connectivity index (χ3n) is 5.93. The molecule has 1 aliphatic heterocycles. The van der Waals surface area contributed by atoms with Crippen molar-refractivity contribution in [1.29, 1.82) is 0 Å². The van der Waals surface area contributed by atoms with Crippen LogP contribution in [-0.4, -0.2) is 38.6 Å². The van der Waals surface area contributed by atoms with E-state index in [1.165, 1.54) is 42.2 Å². The number of nitrogens with one attached hydrogen (secondary N) is 1. The fraction of sp³-hybridized carbons (Fsp3) is 0.684. The molecule has 0 aromatic carbocycles. The molecule has 1 N–H and O–H groups in total. The first kappa shape index (κ1) is 17.2. The van der Waals surface area contributed by atoms with Crippen LogP contribution in [0.2, 0.25) is 0 Å². The average molecular weight is 360 g/mol. The van der Waals surface area contributed by atoms with Gasteiger partial charge in [-0.25, -0.2) is 9.97 Å². The van der Waals surface area contributed by atoms with E-state index in [9.17, 15) is 0 Å². The number of nitrogens with zero attached hydrogens (tertiary/aromatic N) is 4. The molecule has 2 aromatic rings. The Morgan fingerprint density at radius 1 is 1.32 bits per heavy atom. The van der Waals surface area contributed by atoms with Crippen LogP contribution in [0.1, 0.15) is 54.7 Å². The van der Waals surface area contributed by atoms with Crippen LogP contribution >= 0.6 is 11.3 Å². The molecule has 0 bridgehead atoms. The van der Waals surface area contributed by atoms with Crippen molar-refractivity contribution >= 4 is 11.3 Å². The SMILES string of the molecule is CC(C)c1cnc(CN(Cc2nccn2C)[C@H]2CC23CCNCC3)s1. The minimum atomic E-state index is 0.536. The second-order valence-corrected chi connectivity index (χ2v) is 9.15. The maximum atomic E-state index is 4.71. The molecule has 4 rings (SSSR count). The van der Waals surface area contributed by atoms with Crippen molar-refractivity contribution in [2.24, 2.45) is 12.5 Å². The Labute approximate surface area is 154 Å². The fourth-order valence-corrected chi connectivity index (χ4v) is 5.10. The largest absolute Gasteiger partial charge is 0.337 e. The summed E-state index contributed by atoms with van der Waals surface area (Å²) in [5.41, 5.74) is 0.536. The molecule has 1 atom stereocenters. The number of thiazole rings is 1. The monoisotopic (exact) mass is 359 g/mol. The quantitative estimate of drug-likeness (QED) is 0.861. The molecule has 136 valence electrons. The van der Waals surface area contributed by atoms with Crippen LogP contribution in [0.25, 0.3) is 0 Å². The minimum absolute atomic E-state index is 0.536. The van der Waals surface area contributed by atoms with Gasteiger partial charge in [-0.15, -0.1) is 11.3 Å². The third-order valence-corrected chi connectivity index (χ3v) is 7.21. The summed E-state index contributed by atoms with van der Waals surface area (Å²) in [7, 11) is 2.09. The van der Waals surface area contributed by atoms with Crippen LogP contribution in [0.4, 0.5) is 0 Å². The van der Waals surface area contributed by atoms with E-state index < -0.39 is 0 Å². The van der Waals surface area contributed by atoms with E-state index in [4.69, 9.17) is 4.98 Å². The number of aryl methyl sites for hydroxylation is 1. The van der Waals surface area contributed by atoms with Crippen molar-refractivity contribution in [3.05, 3.63) is 34.3 Å². The predicted octanol–water partition coefficient (Wildman–Crippen LogP) is 3.14. The van der Waals surface area contributed by atoms with E-state index in [1.54, 1.807) is 0 Å². The molecule has 1 aliphatic carbocycles. The Morgan fingerprint density at radius 3 is 2.76 bits per heavy atom. The summed E-state index contributed by atoms with van der Waals surface area (Å²) in [5, 5.41) is 4.76. The van der Waals surface area contributed by atoms with Crippen LogP contribution in [0.15, 0.2) is 18.6 Å². The van der Waals surface area contributed by atoms with Gasteiger partial charge in [0.25, 0.3) is 0 Å². The predicted molar refractivity (Wildman–Crippen MR) is 102 cm³/mol. The van der Waals surface area contributed by atoms with Crippen LogP contribution in [0.3, 0.4) is 0 Å². The van der Waals surface area contributed by atoms with Gasteiger partial charge < -0.3 is 9.88 Å². The molecule has 6 heteroatoms. The lowest BCUT2D eigenvalue weighted by Gasteiger charge is -2.29. The molecule has 1 spiro atoms. The lowest BCUT2D eigenvalue weighted by molar-refractivity contribution is 0.182. The zero-order valence-electron chi connectivity index (χ0n) is 15.5. The van der Waals surface area contributed by atoms with Crippen molar-refractivity contribution in [1.82, 2.24) is 24.8 Å². The van der Waals surface area contributed by atoms with Gasteiger partial charge in [0.05, 0.1) is 13.1 Å². The molecule has 0 radical (unpaired) electrons. The first-order valence-corrected chi connectivity index (χ1v) is 10.2. The standard InChI is InChI=1S/C19H29N5S/c1-14(2)15-11-22-18(25-15)13-24(12-17-21-8-9-23(17)3)16-10-19(16)4-6-20-7-5-19/h8-9,11,14,16,20H,4-7,10,12-13H2,1-3H3/t16-/m0/s1. The Kier molecular flexibility index (Phi) is 4.69. The minimum Gasteiger partial charge on any atom is -0.337 e. The first-order valence-electron chi connectivity index (χ1n) is 9.43. The topological polar surface area (TPSA) is 46.0 Å². The molecule has 25 heavy (non-hydrogen) atoms. The summed E-state index contributed by atoms with van der Waals surface area (Å²) >= 11 is 1.87. The molecule has 1 saturated heterocycles. The maximum absolute atomic E-state index is 4.71. The number of rotatable bonds is 6. The molecule has 2 aromatic heterocycles. The molecule has 0 amide bonds. The Bertz CT molecular complexity index is 713. The fourth-order valence-electron chi connectivity index (χ4n) is 4.15. The highest BCUT2D eigenvalue weighted by Crippen LogP contribution is 2.56. The highest BCUT2D eigenvalue weighted by atomic mass is 32.1. The zero-order valence-corrected chi connectivity index (χ0v) is 16.4.